The SMILES string of the molecule is Cl[C@@H]1C=CN=C2C=CN=C21. The predicted molar refractivity (Wildman–Crippen MR) is 42.8 cm³/mol. The Balaban J connectivity index is 2.45. The average Bonchev–Trinajstić information content (AvgIpc) is 2.36. The number of alkyl halides is 1. The number of allylic oxidation sites excluding steroid dienone is 2. The maximum absolute atomic E-state index is 5.88. The molecule has 2 aliphatic rings. The van der Waals surface area contributed by atoms with Crippen molar-refractivity contribution < 1.29 is 0 Å². The Morgan fingerprint density at radius 3 is 3.00 bits per heavy atom. The van der Waals surface area contributed by atoms with Crippen molar-refractivity contribution in [3.05, 3.63) is 24.6 Å². The van der Waals surface area contributed by atoms with E-state index in [4.69, 9.17) is 11.6 Å². The molecule has 0 N–H and O–H groups in total. The van der Waals surface area contributed by atoms with E-state index in [-0.39, 0.29) is 5.38 Å². The fourth-order valence-corrected chi connectivity index (χ4v) is 1.18. The van der Waals surface area contributed by atoms with Crippen LogP contribution < -0.4 is 0 Å². The summed E-state index contributed by atoms with van der Waals surface area (Å²) in [5.74, 6) is 0. The van der Waals surface area contributed by atoms with E-state index in [0.29, 0.717) is 0 Å². The lowest BCUT2D eigenvalue weighted by Crippen LogP contribution is -2.21. The van der Waals surface area contributed by atoms with E-state index < -0.39 is 0 Å². The highest BCUT2D eigenvalue weighted by atomic mass is 35.5. The van der Waals surface area contributed by atoms with Gasteiger partial charge in [0.25, 0.3) is 0 Å². The molecule has 0 bridgehead atoms. The second kappa shape index (κ2) is 2.06. The summed E-state index contributed by atoms with van der Waals surface area (Å²) in [6.45, 7) is 0. The topological polar surface area (TPSA) is 24.7 Å². The van der Waals surface area contributed by atoms with Crippen LogP contribution in [0, 0.1) is 0 Å². The second-order valence-corrected chi connectivity index (χ2v) is 2.56. The van der Waals surface area contributed by atoms with E-state index in [1.165, 1.54) is 0 Å². The number of hydrogen-bond acceptors (Lipinski definition) is 2. The molecule has 0 aromatic rings. The van der Waals surface area contributed by atoms with Gasteiger partial charge in [-0.3, -0.25) is 9.98 Å². The first-order valence-corrected chi connectivity index (χ1v) is 3.45. The molecule has 3 heteroatoms. The Hall–Kier alpha value is -0.890. The molecule has 0 saturated carbocycles. The van der Waals surface area contributed by atoms with Gasteiger partial charge in [0, 0.05) is 12.4 Å². The first kappa shape index (κ1) is 5.86. The molecule has 10 heavy (non-hydrogen) atoms. The lowest BCUT2D eigenvalue weighted by molar-refractivity contribution is 1.39. The zero-order chi connectivity index (χ0) is 6.97. The number of hydrogen-bond donors (Lipinski definition) is 0. The Morgan fingerprint density at radius 2 is 2.20 bits per heavy atom. The number of halogens is 1. The van der Waals surface area contributed by atoms with Gasteiger partial charge >= 0.3 is 0 Å². The molecule has 1 atom stereocenters. The smallest absolute Gasteiger partial charge is 0.0977 e. The van der Waals surface area contributed by atoms with E-state index in [0.717, 1.165) is 11.4 Å². The molecule has 0 aromatic heterocycles. The summed E-state index contributed by atoms with van der Waals surface area (Å²) in [6.07, 6.45) is 7.10. The highest BCUT2D eigenvalue weighted by Gasteiger charge is 2.19. The van der Waals surface area contributed by atoms with Crippen molar-refractivity contribution in [2.24, 2.45) is 9.98 Å². The van der Waals surface area contributed by atoms with Crippen LogP contribution in [0.1, 0.15) is 0 Å². The second-order valence-electron chi connectivity index (χ2n) is 2.09. The third-order valence-electron chi connectivity index (χ3n) is 1.44. The van der Waals surface area contributed by atoms with Gasteiger partial charge in [-0.2, -0.15) is 0 Å². The van der Waals surface area contributed by atoms with Gasteiger partial charge in [0.05, 0.1) is 16.8 Å². The molecule has 2 nitrogen and oxygen atoms in total. The fraction of sp³-hybridized carbons (Fsp3) is 0.143. The van der Waals surface area contributed by atoms with E-state index >= 15 is 0 Å². The molecule has 0 spiro atoms. The highest BCUT2D eigenvalue weighted by molar-refractivity contribution is 6.58. The van der Waals surface area contributed by atoms with E-state index in [9.17, 15) is 0 Å². The zero-order valence-corrected chi connectivity index (χ0v) is 5.92. The fourth-order valence-electron chi connectivity index (χ4n) is 0.951. The number of aliphatic imine (C=N–C) groups is 2. The van der Waals surface area contributed by atoms with Crippen LogP contribution in [0.5, 0.6) is 0 Å². The Morgan fingerprint density at radius 1 is 1.30 bits per heavy atom. The van der Waals surface area contributed by atoms with Gasteiger partial charge in [-0.1, -0.05) is 0 Å². The van der Waals surface area contributed by atoms with Gasteiger partial charge in [0.2, 0.25) is 0 Å². The van der Waals surface area contributed by atoms with Crippen molar-refractivity contribution in [2.45, 2.75) is 5.38 Å². The molecule has 2 aliphatic heterocycles. The van der Waals surface area contributed by atoms with Crippen molar-refractivity contribution >= 4 is 23.0 Å². The summed E-state index contributed by atoms with van der Waals surface area (Å²) in [7, 11) is 0. The molecule has 0 radical (unpaired) electrons. The van der Waals surface area contributed by atoms with Crippen LogP contribution in [0.15, 0.2) is 34.5 Å². The van der Waals surface area contributed by atoms with Gasteiger partial charge in [0.15, 0.2) is 0 Å². The van der Waals surface area contributed by atoms with Crippen molar-refractivity contribution in [3.8, 4) is 0 Å². The Bertz CT molecular complexity index is 273. The Labute approximate surface area is 63.6 Å². The van der Waals surface area contributed by atoms with Crippen LogP contribution in [-0.4, -0.2) is 16.8 Å². The number of rotatable bonds is 0. The van der Waals surface area contributed by atoms with Crippen molar-refractivity contribution in [3.63, 3.8) is 0 Å². The van der Waals surface area contributed by atoms with Gasteiger partial charge in [-0.05, 0) is 12.2 Å². The van der Waals surface area contributed by atoms with E-state index in [1.807, 2.05) is 12.2 Å². The maximum Gasteiger partial charge on any atom is 0.0977 e. The summed E-state index contributed by atoms with van der Waals surface area (Å²) in [6, 6.07) is 0. The van der Waals surface area contributed by atoms with Crippen molar-refractivity contribution in [1.29, 1.82) is 0 Å². The van der Waals surface area contributed by atoms with Crippen LogP contribution in [0.3, 0.4) is 0 Å². The minimum Gasteiger partial charge on any atom is -0.257 e. The summed E-state index contributed by atoms with van der Waals surface area (Å²) < 4.78 is 0. The van der Waals surface area contributed by atoms with Crippen molar-refractivity contribution in [2.75, 3.05) is 0 Å². The maximum atomic E-state index is 5.88. The average molecular weight is 153 g/mol. The standard InChI is InChI=1S/C7H5ClN2/c8-5-1-3-9-6-2-4-10-7(5)6/h1-5H/t5-/m1/s1. The number of fused-ring (bicyclic) bond motifs is 1. The quantitative estimate of drug-likeness (QED) is 0.471. The van der Waals surface area contributed by atoms with Gasteiger partial charge in [0.1, 0.15) is 0 Å². The van der Waals surface area contributed by atoms with Crippen LogP contribution in [0.2, 0.25) is 0 Å². The van der Waals surface area contributed by atoms with E-state index in [2.05, 4.69) is 9.98 Å². The monoisotopic (exact) mass is 152 g/mol. The molecule has 0 aromatic carbocycles. The normalized spacial score (nSPS) is 27.9. The molecule has 0 unspecified atom stereocenters. The van der Waals surface area contributed by atoms with Gasteiger partial charge < -0.3 is 0 Å². The molecular formula is C7H5ClN2. The molecule has 0 saturated heterocycles. The first-order valence-electron chi connectivity index (χ1n) is 3.01. The lowest BCUT2D eigenvalue weighted by atomic mass is 10.1. The summed E-state index contributed by atoms with van der Waals surface area (Å²) in [5, 5.41) is -0.0949. The summed E-state index contributed by atoms with van der Waals surface area (Å²) in [4.78, 5) is 8.14. The molecule has 2 heterocycles. The molecular weight excluding hydrogens is 148 g/mol. The minimum absolute atomic E-state index is 0.0949. The van der Waals surface area contributed by atoms with Crippen LogP contribution in [-0.2, 0) is 0 Å². The van der Waals surface area contributed by atoms with Gasteiger partial charge in [-0.15, -0.1) is 11.6 Å². The molecule has 2 rings (SSSR count). The van der Waals surface area contributed by atoms with Crippen LogP contribution in [0.4, 0.5) is 0 Å². The molecule has 0 aliphatic carbocycles. The lowest BCUT2D eigenvalue weighted by Gasteiger charge is -2.07. The van der Waals surface area contributed by atoms with Crippen LogP contribution in [0.25, 0.3) is 0 Å². The van der Waals surface area contributed by atoms with Gasteiger partial charge in [-0.25, -0.2) is 0 Å². The third kappa shape index (κ3) is 0.727. The summed E-state index contributed by atoms with van der Waals surface area (Å²) >= 11 is 5.88. The first-order chi connectivity index (χ1) is 4.88. The Kier molecular flexibility index (Phi) is 1.21. The molecule has 50 valence electrons. The highest BCUT2D eigenvalue weighted by Crippen LogP contribution is 2.13. The molecule has 0 fully saturated rings. The zero-order valence-electron chi connectivity index (χ0n) is 5.16. The van der Waals surface area contributed by atoms with Crippen LogP contribution >= 0.6 is 11.6 Å². The number of nitrogens with zero attached hydrogens (tertiary/aromatic N) is 2. The summed E-state index contributed by atoms with van der Waals surface area (Å²) in [5.41, 5.74) is 1.76. The predicted octanol–water partition coefficient (Wildman–Crippen LogP) is 1.53. The van der Waals surface area contributed by atoms with Crippen molar-refractivity contribution in [1.82, 2.24) is 0 Å². The minimum atomic E-state index is -0.0949. The molecule has 0 amide bonds. The third-order valence-corrected chi connectivity index (χ3v) is 1.79. The largest absolute Gasteiger partial charge is 0.257 e. The van der Waals surface area contributed by atoms with E-state index in [1.54, 1.807) is 12.4 Å².